The second-order valence-electron chi connectivity index (χ2n) is 3.73. The van der Waals surface area contributed by atoms with Gasteiger partial charge in [-0.2, -0.15) is 13.2 Å². The summed E-state index contributed by atoms with van der Waals surface area (Å²) in [6.07, 6.45) is -8.35. The molecule has 16 heavy (non-hydrogen) atoms. The molecule has 2 unspecified atom stereocenters. The summed E-state index contributed by atoms with van der Waals surface area (Å²) in [7, 11) is 0. The van der Waals surface area contributed by atoms with Crippen LogP contribution in [0.5, 0.6) is 0 Å². The first kappa shape index (κ1) is 15.6. The molecule has 0 aliphatic rings. The van der Waals surface area contributed by atoms with Gasteiger partial charge in [-0.15, -0.1) is 0 Å². The Morgan fingerprint density at radius 3 is 2.06 bits per heavy atom. The molecule has 0 aromatic heterocycles. The average molecular weight is 250 g/mol. The van der Waals surface area contributed by atoms with E-state index < -0.39 is 24.8 Å². The van der Waals surface area contributed by atoms with Gasteiger partial charge in [0.25, 0.3) is 0 Å². The Balaban J connectivity index is 4.14. The Bertz CT molecular complexity index is 205. The second kappa shape index (κ2) is 5.77. The van der Waals surface area contributed by atoms with Crippen LogP contribution in [0.2, 0.25) is 0 Å². The summed E-state index contributed by atoms with van der Waals surface area (Å²) >= 11 is 0. The summed E-state index contributed by atoms with van der Waals surface area (Å²) < 4.78 is 65.4. The SMILES string of the molecule is CCC(C)COCC(F)(F)C(O)C(F)(F)F. The molecule has 0 fully saturated rings. The van der Waals surface area contributed by atoms with Crippen molar-refractivity contribution in [2.45, 2.75) is 38.5 Å². The predicted molar refractivity (Wildman–Crippen MR) is 47.3 cm³/mol. The summed E-state index contributed by atoms with van der Waals surface area (Å²) in [5, 5.41) is 8.38. The highest BCUT2D eigenvalue weighted by Gasteiger charge is 2.55. The predicted octanol–water partition coefficient (Wildman–Crippen LogP) is 2.61. The van der Waals surface area contributed by atoms with Gasteiger partial charge in [-0.05, 0) is 5.92 Å². The fourth-order valence-corrected chi connectivity index (χ4v) is 0.832. The topological polar surface area (TPSA) is 29.5 Å². The number of alkyl halides is 5. The summed E-state index contributed by atoms with van der Waals surface area (Å²) in [6, 6.07) is 0. The third-order valence-electron chi connectivity index (χ3n) is 2.10. The average Bonchev–Trinajstić information content (AvgIpc) is 2.14. The minimum atomic E-state index is -5.34. The lowest BCUT2D eigenvalue weighted by molar-refractivity contribution is -0.279. The van der Waals surface area contributed by atoms with E-state index in [2.05, 4.69) is 4.74 Å². The minimum absolute atomic E-state index is 0.0150. The van der Waals surface area contributed by atoms with Crippen molar-refractivity contribution in [3.05, 3.63) is 0 Å². The van der Waals surface area contributed by atoms with E-state index in [4.69, 9.17) is 5.11 Å². The monoisotopic (exact) mass is 250 g/mol. The highest BCUT2D eigenvalue weighted by atomic mass is 19.4. The quantitative estimate of drug-likeness (QED) is 0.734. The number of ether oxygens (including phenoxy) is 1. The first-order chi connectivity index (χ1) is 7.11. The minimum Gasteiger partial charge on any atom is -0.379 e. The van der Waals surface area contributed by atoms with Gasteiger partial charge in [-0.25, -0.2) is 8.78 Å². The van der Waals surface area contributed by atoms with Crippen LogP contribution in [-0.4, -0.2) is 36.5 Å². The molecule has 0 aliphatic carbocycles. The van der Waals surface area contributed by atoms with Crippen LogP contribution in [0.1, 0.15) is 20.3 Å². The van der Waals surface area contributed by atoms with E-state index in [1.165, 1.54) is 0 Å². The van der Waals surface area contributed by atoms with Crippen LogP contribution in [0.4, 0.5) is 22.0 Å². The van der Waals surface area contributed by atoms with Crippen LogP contribution in [-0.2, 0) is 4.74 Å². The molecule has 0 aromatic carbocycles. The van der Waals surface area contributed by atoms with Crippen LogP contribution >= 0.6 is 0 Å². The van der Waals surface area contributed by atoms with E-state index >= 15 is 0 Å². The van der Waals surface area contributed by atoms with Crippen molar-refractivity contribution in [3.63, 3.8) is 0 Å². The van der Waals surface area contributed by atoms with Crippen LogP contribution in [0.25, 0.3) is 0 Å². The Hall–Kier alpha value is -0.430. The molecular formula is C9H15F5O2. The van der Waals surface area contributed by atoms with E-state index in [0.717, 1.165) is 0 Å². The number of halogens is 5. The molecule has 98 valence electrons. The van der Waals surface area contributed by atoms with Crippen LogP contribution in [0, 0.1) is 5.92 Å². The van der Waals surface area contributed by atoms with Crippen LogP contribution in [0.15, 0.2) is 0 Å². The largest absolute Gasteiger partial charge is 0.420 e. The molecule has 0 saturated carbocycles. The van der Waals surface area contributed by atoms with Crippen molar-refractivity contribution >= 4 is 0 Å². The molecule has 1 N–H and O–H groups in total. The second-order valence-corrected chi connectivity index (χ2v) is 3.73. The lowest BCUT2D eigenvalue weighted by atomic mass is 10.1. The first-order valence-corrected chi connectivity index (χ1v) is 4.81. The standard InChI is InChI=1S/C9H15F5O2/c1-3-6(2)4-16-5-8(10,11)7(15)9(12,13)14/h6-7,15H,3-5H2,1-2H3. The fourth-order valence-electron chi connectivity index (χ4n) is 0.832. The maximum atomic E-state index is 12.8. The fraction of sp³-hybridized carbons (Fsp3) is 1.00. The van der Waals surface area contributed by atoms with Gasteiger partial charge in [0.05, 0.1) is 0 Å². The molecule has 0 saturated heterocycles. The molecule has 2 atom stereocenters. The lowest BCUT2D eigenvalue weighted by Gasteiger charge is -2.24. The molecule has 0 heterocycles. The third kappa shape index (κ3) is 5.07. The molecule has 0 aliphatic heterocycles. The van der Waals surface area contributed by atoms with E-state index in [0.29, 0.717) is 6.42 Å². The third-order valence-corrected chi connectivity index (χ3v) is 2.10. The molecule has 0 bridgehead atoms. The number of rotatable bonds is 6. The van der Waals surface area contributed by atoms with Crippen molar-refractivity contribution in [1.29, 1.82) is 0 Å². The van der Waals surface area contributed by atoms with Gasteiger partial charge in [0.15, 0.2) is 0 Å². The van der Waals surface area contributed by atoms with Gasteiger partial charge >= 0.3 is 12.1 Å². The maximum absolute atomic E-state index is 12.8. The van der Waals surface area contributed by atoms with Gasteiger partial charge in [0, 0.05) is 6.61 Å². The molecule has 0 rings (SSSR count). The number of aliphatic hydroxyl groups is 1. The Morgan fingerprint density at radius 1 is 1.19 bits per heavy atom. The van der Waals surface area contributed by atoms with E-state index in [9.17, 15) is 22.0 Å². The van der Waals surface area contributed by atoms with Crippen molar-refractivity contribution in [2.75, 3.05) is 13.2 Å². The number of hydrogen-bond donors (Lipinski definition) is 1. The normalized spacial score (nSPS) is 17.2. The number of hydrogen-bond acceptors (Lipinski definition) is 2. The van der Waals surface area contributed by atoms with Crippen molar-refractivity contribution in [2.24, 2.45) is 5.92 Å². The van der Waals surface area contributed by atoms with Crippen LogP contribution in [0.3, 0.4) is 0 Å². The zero-order chi connectivity index (χ0) is 13.0. The number of aliphatic hydroxyl groups excluding tert-OH is 1. The summed E-state index contributed by atoms with van der Waals surface area (Å²) in [5.41, 5.74) is 0. The van der Waals surface area contributed by atoms with Gasteiger partial charge in [-0.3, -0.25) is 0 Å². The van der Waals surface area contributed by atoms with Gasteiger partial charge in [-0.1, -0.05) is 20.3 Å². The van der Waals surface area contributed by atoms with E-state index in [1.807, 2.05) is 0 Å². The van der Waals surface area contributed by atoms with E-state index in [1.54, 1.807) is 13.8 Å². The summed E-state index contributed by atoms with van der Waals surface area (Å²) in [4.78, 5) is 0. The zero-order valence-electron chi connectivity index (χ0n) is 9.02. The Labute approximate surface area is 90.4 Å². The first-order valence-electron chi connectivity index (χ1n) is 4.81. The van der Waals surface area contributed by atoms with Gasteiger partial charge in [0.1, 0.15) is 6.61 Å². The summed E-state index contributed by atoms with van der Waals surface area (Å²) in [5.74, 6) is -4.33. The summed E-state index contributed by atoms with van der Waals surface area (Å²) in [6.45, 7) is 2.03. The molecule has 2 nitrogen and oxygen atoms in total. The molecule has 0 aromatic rings. The molecule has 0 radical (unpaired) electrons. The highest BCUT2D eigenvalue weighted by Crippen LogP contribution is 2.32. The Morgan fingerprint density at radius 2 is 1.69 bits per heavy atom. The van der Waals surface area contributed by atoms with Crippen molar-refractivity contribution in [3.8, 4) is 0 Å². The van der Waals surface area contributed by atoms with Crippen molar-refractivity contribution < 1.29 is 31.8 Å². The zero-order valence-corrected chi connectivity index (χ0v) is 9.02. The van der Waals surface area contributed by atoms with Gasteiger partial charge < -0.3 is 9.84 Å². The molecule has 7 heteroatoms. The maximum Gasteiger partial charge on any atom is 0.420 e. The smallest absolute Gasteiger partial charge is 0.379 e. The van der Waals surface area contributed by atoms with Crippen molar-refractivity contribution in [1.82, 2.24) is 0 Å². The lowest BCUT2D eigenvalue weighted by Crippen LogP contribution is -2.47. The molecule has 0 amide bonds. The molecule has 0 spiro atoms. The highest BCUT2D eigenvalue weighted by molar-refractivity contribution is 4.82. The molecular weight excluding hydrogens is 235 g/mol. The van der Waals surface area contributed by atoms with E-state index in [-0.39, 0.29) is 12.5 Å². The van der Waals surface area contributed by atoms with Gasteiger partial charge in [0.2, 0.25) is 6.10 Å². The Kier molecular flexibility index (Phi) is 5.61. The van der Waals surface area contributed by atoms with Crippen LogP contribution < -0.4 is 0 Å².